The van der Waals surface area contributed by atoms with E-state index >= 15 is 8.78 Å². The molecular formula is C40H47F3N6O8. The summed E-state index contributed by atoms with van der Waals surface area (Å²) in [5.41, 5.74) is 1.47. The quantitative estimate of drug-likeness (QED) is 0.144. The van der Waals surface area contributed by atoms with Gasteiger partial charge in [-0.3, -0.25) is 19.3 Å². The van der Waals surface area contributed by atoms with Crippen LogP contribution in [0.15, 0.2) is 54.7 Å². The number of phenolic OH excluding ortho intramolecular Hbond substituents is 1. The minimum Gasteiger partial charge on any atom is -0.508 e. The van der Waals surface area contributed by atoms with Crippen molar-refractivity contribution in [3.8, 4) is 17.0 Å². The molecule has 4 atom stereocenters. The van der Waals surface area contributed by atoms with E-state index in [0.29, 0.717) is 37.4 Å². The number of hydrogen-bond donors (Lipinski definition) is 3. The van der Waals surface area contributed by atoms with Gasteiger partial charge in [0.25, 0.3) is 17.7 Å². The third-order valence-corrected chi connectivity index (χ3v) is 10.3. The summed E-state index contributed by atoms with van der Waals surface area (Å²) >= 11 is 0. The molecule has 2 aromatic carbocycles. The smallest absolute Gasteiger partial charge is 0.407 e. The van der Waals surface area contributed by atoms with Crippen LogP contribution in [0.25, 0.3) is 11.3 Å². The van der Waals surface area contributed by atoms with Crippen molar-refractivity contribution in [3.05, 3.63) is 83.3 Å². The molecule has 0 radical (unpaired) electrons. The van der Waals surface area contributed by atoms with E-state index in [0.717, 1.165) is 28.7 Å². The topological polar surface area (TPSA) is 165 Å². The van der Waals surface area contributed by atoms with Crippen molar-refractivity contribution in [1.82, 2.24) is 30.0 Å². The van der Waals surface area contributed by atoms with Crippen LogP contribution in [0.4, 0.5) is 18.0 Å². The van der Waals surface area contributed by atoms with Gasteiger partial charge < -0.3 is 39.4 Å². The molecule has 3 N–H and O–H groups in total. The van der Waals surface area contributed by atoms with Crippen LogP contribution in [0.5, 0.6) is 5.75 Å². The van der Waals surface area contributed by atoms with Gasteiger partial charge in [0.05, 0.1) is 31.5 Å². The molecule has 3 aliphatic rings. The summed E-state index contributed by atoms with van der Waals surface area (Å²) in [4.78, 5) is 58.4. The molecule has 2 fully saturated rings. The number of nitrogens with zero attached hydrogens (tertiary/aromatic N) is 4. The molecule has 57 heavy (non-hydrogen) atoms. The molecule has 306 valence electrons. The number of halogens is 3. The first-order valence-electron chi connectivity index (χ1n) is 19.0. The minimum atomic E-state index is -1.35. The molecule has 14 nitrogen and oxygen atoms in total. The zero-order chi connectivity index (χ0) is 40.6. The number of alkyl carbamates (subject to hydrolysis) is 1. The van der Waals surface area contributed by atoms with E-state index in [2.05, 4.69) is 10.6 Å². The average molecular weight is 797 g/mol. The molecule has 4 amide bonds. The second-order valence-corrected chi connectivity index (χ2v) is 14.5. The van der Waals surface area contributed by atoms with Gasteiger partial charge in [0, 0.05) is 75.8 Å². The van der Waals surface area contributed by atoms with Crippen molar-refractivity contribution in [2.75, 3.05) is 59.2 Å². The summed E-state index contributed by atoms with van der Waals surface area (Å²) in [6.45, 7) is 4.55. The van der Waals surface area contributed by atoms with E-state index in [1.165, 1.54) is 24.0 Å². The molecular weight excluding hydrogens is 749 g/mol. The lowest BCUT2D eigenvalue weighted by atomic mass is 9.88. The number of carbonyl (C=O) groups is 4. The van der Waals surface area contributed by atoms with Crippen LogP contribution in [0.2, 0.25) is 0 Å². The number of carbonyl (C=O) groups excluding carboxylic acids is 4. The number of rotatable bonds is 16. The average Bonchev–Trinajstić information content (AvgIpc) is 3.87. The summed E-state index contributed by atoms with van der Waals surface area (Å²) in [6.07, 6.45) is 1.36. The number of ether oxygens (including phenoxy) is 3. The second-order valence-electron chi connectivity index (χ2n) is 14.5. The maximum Gasteiger partial charge on any atom is 0.407 e. The highest BCUT2D eigenvalue weighted by atomic mass is 19.1. The zero-order valence-electron chi connectivity index (χ0n) is 31.8. The van der Waals surface area contributed by atoms with Crippen molar-refractivity contribution in [1.29, 1.82) is 0 Å². The van der Waals surface area contributed by atoms with Gasteiger partial charge in [0.15, 0.2) is 6.10 Å². The summed E-state index contributed by atoms with van der Waals surface area (Å²) in [5.74, 6) is -3.41. The highest BCUT2D eigenvalue weighted by Crippen LogP contribution is 2.38. The van der Waals surface area contributed by atoms with Gasteiger partial charge in [0.1, 0.15) is 29.4 Å². The van der Waals surface area contributed by atoms with Crippen LogP contribution in [-0.2, 0) is 35.1 Å². The first-order valence-corrected chi connectivity index (χ1v) is 19.0. The lowest BCUT2D eigenvalue weighted by molar-refractivity contribution is -0.146. The Balaban J connectivity index is 1.28. The largest absolute Gasteiger partial charge is 0.508 e. The molecule has 0 aliphatic carbocycles. The molecule has 4 unspecified atom stereocenters. The van der Waals surface area contributed by atoms with Crippen molar-refractivity contribution in [2.24, 2.45) is 11.8 Å². The van der Waals surface area contributed by atoms with Gasteiger partial charge in [-0.05, 0) is 74.1 Å². The van der Waals surface area contributed by atoms with E-state index in [1.54, 1.807) is 22.9 Å². The van der Waals surface area contributed by atoms with E-state index in [9.17, 15) is 28.7 Å². The number of imidazole rings is 1. The normalized spacial score (nSPS) is 19.6. The number of aryl methyl sites for hydroxylation is 1. The summed E-state index contributed by atoms with van der Waals surface area (Å²) in [7, 11) is 0. The Morgan fingerprint density at radius 2 is 1.84 bits per heavy atom. The van der Waals surface area contributed by atoms with Crippen LogP contribution < -0.4 is 10.6 Å². The number of alkyl halides is 1. The monoisotopic (exact) mass is 796 g/mol. The summed E-state index contributed by atoms with van der Waals surface area (Å²) in [5, 5.41) is 16.0. The second kappa shape index (κ2) is 18.8. The van der Waals surface area contributed by atoms with Gasteiger partial charge in [0.2, 0.25) is 0 Å². The number of benzene rings is 2. The predicted molar refractivity (Wildman–Crippen MR) is 199 cm³/mol. The first-order chi connectivity index (χ1) is 27.4. The van der Waals surface area contributed by atoms with Crippen molar-refractivity contribution < 1.29 is 51.7 Å². The first kappa shape index (κ1) is 41.4. The Bertz CT molecular complexity index is 1930. The van der Waals surface area contributed by atoms with Crippen LogP contribution in [0, 0.1) is 30.4 Å². The van der Waals surface area contributed by atoms with Gasteiger partial charge in [-0.25, -0.2) is 22.9 Å². The predicted octanol–water partition coefficient (Wildman–Crippen LogP) is 3.80. The maximum atomic E-state index is 15.3. The molecule has 6 rings (SSSR count). The Kier molecular flexibility index (Phi) is 13.6. The number of imide groups is 1. The third kappa shape index (κ3) is 10.4. The number of nitrogens with one attached hydrogen (secondary N) is 2. The van der Waals surface area contributed by atoms with Crippen LogP contribution in [0.1, 0.15) is 42.8 Å². The Labute approximate surface area is 327 Å². The highest BCUT2D eigenvalue weighted by molar-refractivity contribution is 6.12. The lowest BCUT2D eigenvalue weighted by Gasteiger charge is -2.40. The Morgan fingerprint density at radius 3 is 2.54 bits per heavy atom. The van der Waals surface area contributed by atoms with Gasteiger partial charge in [-0.2, -0.15) is 0 Å². The summed E-state index contributed by atoms with van der Waals surface area (Å²) in [6, 6.07) is 7.25. The molecule has 3 aromatic rings. The van der Waals surface area contributed by atoms with Crippen LogP contribution in [-0.4, -0.2) is 120 Å². The van der Waals surface area contributed by atoms with Gasteiger partial charge >= 0.3 is 6.09 Å². The SMILES string of the molecule is Cc1cc(O)cc(Cn2cc(-c3cc(F)ccc3F)nc2C(C2CCOCC2)N(CC2CNCC2F)C(=O)C(C)OC(=O)NCCOCCN2C(=O)C=CC2=O)c1. The van der Waals surface area contributed by atoms with E-state index < -0.39 is 59.7 Å². The van der Waals surface area contributed by atoms with Gasteiger partial charge in [-0.15, -0.1) is 0 Å². The zero-order valence-corrected chi connectivity index (χ0v) is 31.8. The number of phenols is 1. The van der Waals surface area contributed by atoms with Crippen molar-refractivity contribution in [2.45, 2.75) is 51.6 Å². The van der Waals surface area contributed by atoms with E-state index in [4.69, 9.17) is 19.2 Å². The van der Waals surface area contributed by atoms with E-state index in [-0.39, 0.29) is 75.4 Å². The lowest BCUT2D eigenvalue weighted by Crippen LogP contribution is -2.49. The standard InChI is InChI=1S/C40H47F3N6O8/c1-24-15-26(17-30(50)16-24)21-47-23-34(31-18-29(41)3-4-32(31)42)46-38(47)37(27-7-11-55-12-8-27)49(22-28-19-44-20-33(28)43)39(53)25(2)57-40(54)45-9-13-56-14-10-48-35(51)5-6-36(48)52/h3-6,15-18,23,25,27-28,33,37,44,50H,7-14,19-22H2,1-2H3,(H,45,54). The fourth-order valence-electron chi connectivity index (χ4n) is 7.48. The Morgan fingerprint density at radius 1 is 1.09 bits per heavy atom. The van der Waals surface area contributed by atoms with Crippen molar-refractivity contribution in [3.63, 3.8) is 0 Å². The van der Waals surface area contributed by atoms with Crippen LogP contribution in [0.3, 0.4) is 0 Å². The number of aromatic nitrogens is 2. The third-order valence-electron chi connectivity index (χ3n) is 10.3. The molecule has 3 aliphatic heterocycles. The fraction of sp³-hybridized carbons (Fsp3) is 0.475. The maximum absolute atomic E-state index is 15.3. The Hall–Kier alpha value is -5.26. The fourth-order valence-corrected chi connectivity index (χ4v) is 7.48. The van der Waals surface area contributed by atoms with E-state index in [1.807, 2.05) is 13.0 Å². The molecule has 0 spiro atoms. The highest BCUT2D eigenvalue weighted by Gasteiger charge is 2.42. The minimum absolute atomic E-state index is 0.00303. The number of aromatic hydroxyl groups is 1. The number of hydrogen-bond acceptors (Lipinski definition) is 10. The van der Waals surface area contributed by atoms with Gasteiger partial charge in [-0.1, -0.05) is 6.07 Å². The van der Waals surface area contributed by atoms with Crippen molar-refractivity contribution >= 4 is 23.8 Å². The number of amides is 4. The molecule has 17 heteroatoms. The summed E-state index contributed by atoms with van der Waals surface area (Å²) < 4.78 is 63.6. The molecule has 4 heterocycles. The molecule has 0 bridgehead atoms. The molecule has 2 saturated heterocycles. The molecule has 1 aromatic heterocycles. The molecule has 0 saturated carbocycles. The van der Waals surface area contributed by atoms with Crippen LogP contribution >= 0.6 is 0 Å².